The van der Waals surface area contributed by atoms with Crippen molar-refractivity contribution >= 4 is 33.3 Å². The molecular formula is C16H15NO3S. The van der Waals surface area contributed by atoms with Gasteiger partial charge in [0.2, 0.25) is 5.91 Å². The van der Waals surface area contributed by atoms with Gasteiger partial charge in [0.25, 0.3) is 0 Å². The van der Waals surface area contributed by atoms with E-state index >= 15 is 0 Å². The zero-order chi connectivity index (χ0) is 14.6. The normalized spacial score (nSPS) is 24.0. The standard InChI is InChI=1S/C16H15NO3S/c1-20-16(19)12-8-10-9-4-2-3-5-13(9)21-15(10)11-6-7-14(18)17(11)12/h2-5,11-12H,6-8H2,1H3/t11-,12+/m0/s1. The number of nitrogens with zero attached hydrogens (tertiary/aromatic N) is 1. The Balaban J connectivity index is 1.90. The summed E-state index contributed by atoms with van der Waals surface area (Å²) in [6.07, 6.45) is 1.88. The molecule has 5 heteroatoms. The van der Waals surface area contributed by atoms with Crippen molar-refractivity contribution in [3.05, 3.63) is 34.7 Å². The number of rotatable bonds is 1. The van der Waals surface area contributed by atoms with Gasteiger partial charge >= 0.3 is 5.97 Å². The maximum absolute atomic E-state index is 12.2. The van der Waals surface area contributed by atoms with E-state index in [-0.39, 0.29) is 17.9 Å². The van der Waals surface area contributed by atoms with Crippen LogP contribution < -0.4 is 0 Å². The van der Waals surface area contributed by atoms with Crippen molar-refractivity contribution in [2.75, 3.05) is 7.11 Å². The molecule has 0 N–H and O–H groups in total. The SMILES string of the molecule is COC(=O)[C@H]1Cc2c(sc3ccccc23)[C@@H]2CCC(=O)N12. The summed E-state index contributed by atoms with van der Waals surface area (Å²) in [4.78, 5) is 27.3. The number of ether oxygens (including phenoxy) is 1. The molecule has 1 aromatic carbocycles. The van der Waals surface area contributed by atoms with Gasteiger partial charge in [-0.25, -0.2) is 4.79 Å². The summed E-state index contributed by atoms with van der Waals surface area (Å²) in [6, 6.07) is 7.83. The van der Waals surface area contributed by atoms with Crippen LogP contribution in [0.4, 0.5) is 0 Å². The largest absolute Gasteiger partial charge is 0.467 e. The molecule has 1 amide bonds. The molecule has 2 aromatic rings. The molecule has 1 fully saturated rings. The highest BCUT2D eigenvalue weighted by molar-refractivity contribution is 7.19. The Morgan fingerprint density at radius 2 is 2.19 bits per heavy atom. The van der Waals surface area contributed by atoms with E-state index in [4.69, 9.17) is 4.74 Å². The number of thiophene rings is 1. The second-order valence-corrected chi connectivity index (χ2v) is 6.62. The first-order valence-electron chi connectivity index (χ1n) is 7.10. The van der Waals surface area contributed by atoms with Crippen molar-refractivity contribution in [2.45, 2.75) is 31.3 Å². The monoisotopic (exact) mass is 301 g/mol. The number of carbonyl (C=O) groups is 2. The third kappa shape index (κ3) is 1.73. The topological polar surface area (TPSA) is 46.6 Å². The van der Waals surface area contributed by atoms with Gasteiger partial charge in [0.05, 0.1) is 13.2 Å². The van der Waals surface area contributed by atoms with Crippen LogP contribution in [0.25, 0.3) is 10.1 Å². The molecule has 4 nitrogen and oxygen atoms in total. The summed E-state index contributed by atoms with van der Waals surface area (Å²) in [5.74, 6) is -0.241. The molecule has 0 unspecified atom stereocenters. The van der Waals surface area contributed by atoms with Crippen LogP contribution in [-0.4, -0.2) is 29.9 Å². The summed E-state index contributed by atoms with van der Waals surface area (Å²) in [5, 5.41) is 1.21. The predicted molar refractivity (Wildman–Crippen MR) is 80.2 cm³/mol. The number of esters is 1. The van der Waals surface area contributed by atoms with Gasteiger partial charge in [-0.05, 0) is 23.4 Å². The highest BCUT2D eigenvalue weighted by atomic mass is 32.1. The molecule has 0 bridgehead atoms. The highest BCUT2D eigenvalue weighted by Crippen LogP contribution is 2.47. The van der Waals surface area contributed by atoms with Gasteiger partial charge in [-0.2, -0.15) is 0 Å². The lowest BCUT2D eigenvalue weighted by Gasteiger charge is -2.36. The predicted octanol–water partition coefficient (Wildman–Crippen LogP) is 2.66. The van der Waals surface area contributed by atoms with Crippen LogP contribution in [0.15, 0.2) is 24.3 Å². The number of carbonyl (C=O) groups excluding carboxylic acids is 2. The minimum atomic E-state index is -0.472. The lowest BCUT2D eigenvalue weighted by molar-refractivity contribution is -0.153. The number of amides is 1. The van der Waals surface area contributed by atoms with Gasteiger partial charge in [-0.15, -0.1) is 11.3 Å². The van der Waals surface area contributed by atoms with Gasteiger partial charge in [-0.3, -0.25) is 4.79 Å². The van der Waals surface area contributed by atoms with Crippen LogP contribution in [0.5, 0.6) is 0 Å². The second kappa shape index (κ2) is 4.56. The molecule has 4 rings (SSSR count). The maximum Gasteiger partial charge on any atom is 0.328 e. The van der Waals surface area contributed by atoms with Crippen LogP contribution >= 0.6 is 11.3 Å². The van der Waals surface area contributed by atoms with E-state index in [2.05, 4.69) is 12.1 Å². The van der Waals surface area contributed by atoms with Crippen LogP contribution in [0.1, 0.15) is 29.3 Å². The number of benzene rings is 1. The average molecular weight is 301 g/mol. The number of fused-ring (bicyclic) bond motifs is 5. The van der Waals surface area contributed by atoms with E-state index in [0.717, 1.165) is 6.42 Å². The average Bonchev–Trinajstić information content (AvgIpc) is 3.07. The molecule has 21 heavy (non-hydrogen) atoms. The smallest absolute Gasteiger partial charge is 0.328 e. The molecule has 0 saturated carbocycles. The van der Waals surface area contributed by atoms with Gasteiger partial charge < -0.3 is 9.64 Å². The molecule has 1 saturated heterocycles. The van der Waals surface area contributed by atoms with Crippen molar-refractivity contribution in [1.29, 1.82) is 0 Å². The molecule has 2 aliphatic rings. The van der Waals surface area contributed by atoms with Crippen molar-refractivity contribution < 1.29 is 14.3 Å². The quantitative estimate of drug-likeness (QED) is 0.761. The van der Waals surface area contributed by atoms with E-state index in [1.54, 1.807) is 16.2 Å². The van der Waals surface area contributed by atoms with Gasteiger partial charge in [-0.1, -0.05) is 18.2 Å². The number of hydrogen-bond acceptors (Lipinski definition) is 4. The maximum atomic E-state index is 12.2. The number of hydrogen-bond donors (Lipinski definition) is 0. The Bertz CT molecular complexity index is 751. The van der Waals surface area contributed by atoms with Crippen molar-refractivity contribution in [1.82, 2.24) is 4.90 Å². The second-order valence-electron chi connectivity index (χ2n) is 5.54. The Kier molecular flexibility index (Phi) is 2.79. The molecular weight excluding hydrogens is 286 g/mol. The van der Waals surface area contributed by atoms with Gasteiger partial charge in [0, 0.05) is 22.4 Å². The summed E-state index contributed by atoms with van der Waals surface area (Å²) < 4.78 is 6.15. The summed E-state index contributed by atoms with van der Waals surface area (Å²) >= 11 is 1.75. The van der Waals surface area contributed by atoms with Crippen LogP contribution in [0.2, 0.25) is 0 Å². The fourth-order valence-corrected chi connectivity index (χ4v) is 4.94. The molecule has 108 valence electrons. The van der Waals surface area contributed by atoms with Crippen molar-refractivity contribution in [3.63, 3.8) is 0 Å². The van der Waals surface area contributed by atoms with E-state index in [1.165, 1.54) is 27.6 Å². The first-order chi connectivity index (χ1) is 10.2. The zero-order valence-corrected chi connectivity index (χ0v) is 12.5. The van der Waals surface area contributed by atoms with E-state index in [0.29, 0.717) is 12.8 Å². The highest BCUT2D eigenvalue weighted by Gasteiger charge is 2.46. The van der Waals surface area contributed by atoms with Crippen LogP contribution in [0.3, 0.4) is 0 Å². The molecule has 0 aliphatic carbocycles. The van der Waals surface area contributed by atoms with Crippen LogP contribution in [-0.2, 0) is 20.7 Å². The van der Waals surface area contributed by atoms with E-state index in [1.807, 2.05) is 12.1 Å². The summed E-state index contributed by atoms with van der Waals surface area (Å²) in [6.45, 7) is 0. The third-order valence-electron chi connectivity index (χ3n) is 4.49. The molecule has 2 aliphatic heterocycles. The lowest BCUT2D eigenvalue weighted by atomic mass is 9.93. The fraction of sp³-hybridized carbons (Fsp3) is 0.375. The minimum Gasteiger partial charge on any atom is -0.467 e. The first kappa shape index (κ1) is 12.8. The summed E-state index contributed by atoms with van der Waals surface area (Å²) in [7, 11) is 1.39. The van der Waals surface area contributed by atoms with E-state index < -0.39 is 6.04 Å². The molecule has 2 atom stereocenters. The number of methoxy groups -OCH3 is 1. The van der Waals surface area contributed by atoms with Crippen LogP contribution in [0, 0.1) is 0 Å². The minimum absolute atomic E-state index is 0.0442. The van der Waals surface area contributed by atoms with Crippen molar-refractivity contribution in [2.24, 2.45) is 0 Å². The zero-order valence-electron chi connectivity index (χ0n) is 11.7. The molecule has 3 heterocycles. The molecule has 0 spiro atoms. The Morgan fingerprint density at radius 1 is 1.38 bits per heavy atom. The van der Waals surface area contributed by atoms with Gasteiger partial charge in [0.1, 0.15) is 6.04 Å². The van der Waals surface area contributed by atoms with Crippen molar-refractivity contribution in [3.8, 4) is 0 Å². The Hall–Kier alpha value is -1.88. The molecule has 0 radical (unpaired) electrons. The Labute approximate surface area is 126 Å². The van der Waals surface area contributed by atoms with Gasteiger partial charge in [0.15, 0.2) is 0 Å². The fourth-order valence-electron chi connectivity index (χ4n) is 3.57. The summed E-state index contributed by atoms with van der Waals surface area (Å²) in [5.41, 5.74) is 1.22. The first-order valence-corrected chi connectivity index (χ1v) is 7.91. The van der Waals surface area contributed by atoms with E-state index in [9.17, 15) is 9.59 Å². The third-order valence-corrected chi connectivity index (χ3v) is 5.81. The Morgan fingerprint density at radius 3 is 3.00 bits per heavy atom. The lowest BCUT2D eigenvalue weighted by Crippen LogP contribution is -2.47. The molecule has 1 aromatic heterocycles.